The normalized spacial score (nSPS) is 18.1. The number of aromatic nitrogens is 2. The van der Waals surface area contributed by atoms with Gasteiger partial charge in [-0.3, -0.25) is 4.90 Å². The van der Waals surface area contributed by atoms with E-state index in [-0.39, 0.29) is 6.61 Å². The largest absolute Gasteiger partial charge is 0.395 e. The fraction of sp³-hybridized carbons (Fsp3) is 0.714. The number of rotatable bonds is 5. The van der Waals surface area contributed by atoms with Crippen LogP contribution in [0, 0.1) is 6.92 Å². The van der Waals surface area contributed by atoms with Gasteiger partial charge in [-0.05, 0) is 39.9 Å². The summed E-state index contributed by atoms with van der Waals surface area (Å²) >= 11 is 0. The zero-order valence-electron chi connectivity index (χ0n) is 11.9. The summed E-state index contributed by atoms with van der Waals surface area (Å²) in [5, 5.41) is 8.97. The molecule has 1 aromatic heterocycles. The second-order valence-electron chi connectivity index (χ2n) is 5.35. The molecule has 0 bridgehead atoms. The molecule has 19 heavy (non-hydrogen) atoms. The zero-order chi connectivity index (χ0) is 13.7. The molecule has 1 fully saturated rings. The first-order valence-corrected chi connectivity index (χ1v) is 7.00. The minimum Gasteiger partial charge on any atom is -0.395 e. The van der Waals surface area contributed by atoms with E-state index in [9.17, 15) is 0 Å². The van der Waals surface area contributed by atoms with Crippen LogP contribution in [0.3, 0.4) is 0 Å². The number of nitrogens with zero attached hydrogens (tertiary/aromatic N) is 4. The molecule has 0 atom stereocenters. The van der Waals surface area contributed by atoms with Crippen LogP contribution in [-0.4, -0.2) is 64.2 Å². The van der Waals surface area contributed by atoms with Gasteiger partial charge in [0.05, 0.1) is 6.61 Å². The Bertz CT molecular complexity index is 374. The monoisotopic (exact) mass is 264 g/mol. The molecule has 1 aliphatic rings. The Hall–Kier alpha value is -1.04. The summed E-state index contributed by atoms with van der Waals surface area (Å²) in [4.78, 5) is 13.2. The number of aryl methyl sites for hydroxylation is 1. The lowest BCUT2D eigenvalue weighted by molar-refractivity contribution is 0.107. The van der Waals surface area contributed by atoms with E-state index < -0.39 is 0 Å². The number of aliphatic hydroxyl groups is 1. The van der Waals surface area contributed by atoms with Gasteiger partial charge in [-0.1, -0.05) is 0 Å². The second kappa shape index (κ2) is 6.93. The third-order valence-electron chi connectivity index (χ3n) is 3.87. The average molecular weight is 264 g/mol. The quantitative estimate of drug-likeness (QED) is 0.847. The average Bonchev–Trinajstić information content (AvgIpc) is 2.42. The molecule has 1 aromatic rings. The zero-order valence-corrected chi connectivity index (χ0v) is 11.9. The Morgan fingerprint density at radius 2 is 1.95 bits per heavy atom. The van der Waals surface area contributed by atoms with E-state index in [0.717, 1.165) is 32.0 Å². The molecule has 0 unspecified atom stereocenters. The number of hydrogen-bond acceptors (Lipinski definition) is 5. The van der Waals surface area contributed by atoms with Crippen molar-refractivity contribution in [3.63, 3.8) is 0 Å². The van der Waals surface area contributed by atoms with Gasteiger partial charge >= 0.3 is 0 Å². The highest BCUT2D eigenvalue weighted by molar-refractivity contribution is 5.04. The van der Waals surface area contributed by atoms with Gasteiger partial charge in [0, 0.05) is 37.1 Å². The van der Waals surface area contributed by atoms with Gasteiger partial charge < -0.3 is 10.0 Å². The SMILES string of the molecule is Cc1ncc(CN2CCC(N(C)CCO)CC2)cn1. The van der Waals surface area contributed by atoms with Crippen LogP contribution in [-0.2, 0) is 6.54 Å². The molecule has 1 N–H and O–H groups in total. The molecule has 0 aromatic carbocycles. The van der Waals surface area contributed by atoms with Crippen LogP contribution in [0.25, 0.3) is 0 Å². The molecule has 0 amide bonds. The molecule has 0 spiro atoms. The predicted octanol–water partition coefficient (Wildman–Crippen LogP) is 0.674. The molecule has 1 aliphatic heterocycles. The highest BCUT2D eigenvalue weighted by atomic mass is 16.3. The lowest BCUT2D eigenvalue weighted by atomic mass is 10.0. The summed E-state index contributed by atoms with van der Waals surface area (Å²) in [6, 6.07) is 0.609. The van der Waals surface area contributed by atoms with E-state index in [4.69, 9.17) is 5.11 Å². The van der Waals surface area contributed by atoms with Crippen LogP contribution >= 0.6 is 0 Å². The topological polar surface area (TPSA) is 52.5 Å². The first-order chi connectivity index (χ1) is 9.19. The van der Waals surface area contributed by atoms with E-state index in [1.165, 1.54) is 18.4 Å². The maximum atomic E-state index is 8.97. The van der Waals surface area contributed by atoms with Crippen molar-refractivity contribution in [2.24, 2.45) is 0 Å². The minimum absolute atomic E-state index is 0.247. The predicted molar refractivity (Wildman–Crippen MR) is 74.8 cm³/mol. The van der Waals surface area contributed by atoms with E-state index >= 15 is 0 Å². The maximum Gasteiger partial charge on any atom is 0.125 e. The van der Waals surface area contributed by atoms with Crippen molar-refractivity contribution in [2.45, 2.75) is 32.4 Å². The third kappa shape index (κ3) is 4.23. The van der Waals surface area contributed by atoms with Crippen molar-refractivity contribution >= 4 is 0 Å². The summed E-state index contributed by atoms with van der Waals surface area (Å²) in [5.41, 5.74) is 1.19. The highest BCUT2D eigenvalue weighted by Crippen LogP contribution is 2.16. The van der Waals surface area contributed by atoms with Crippen LogP contribution in [0.15, 0.2) is 12.4 Å². The van der Waals surface area contributed by atoms with Gasteiger partial charge in [-0.15, -0.1) is 0 Å². The second-order valence-corrected chi connectivity index (χ2v) is 5.35. The van der Waals surface area contributed by atoms with Crippen molar-refractivity contribution in [3.8, 4) is 0 Å². The molecule has 0 aliphatic carbocycles. The van der Waals surface area contributed by atoms with Gasteiger partial charge in [-0.2, -0.15) is 0 Å². The van der Waals surface area contributed by atoms with E-state index in [1.54, 1.807) is 0 Å². The van der Waals surface area contributed by atoms with Gasteiger partial charge in [0.25, 0.3) is 0 Å². The smallest absolute Gasteiger partial charge is 0.125 e. The molecule has 2 rings (SSSR count). The third-order valence-corrected chi connectivity index (χ3v) is 3.87. The molecule has 2 heterocycles. The van der Waals surface area contributed by atoms with Crippen LogP contribution < -0.4 is 0 Å². The van der Waals surface area contributed by atoms with Gasteiger partial charge in [0.15, 0.2) is 0 Å². The molecule has 0 radical (unpaired) electrons. The number of aliphatic hydroxyl groups excluding tert-OH is 1. The molecule has 0 saturated carbocycles. The van der Waals surface area contributed by atoms with Crippen LogP contribution in [0.1, 0.15) is 24.2 Å². The highest BCUT2D eigenvalue weighted by Gasteiger charge is 2.22. The van der Waals surface area contributed by atoms with Gasteiger partial charge in [0.2, 0.25) is 0 Å². The van der Waals surface area contributed by atoms with Crippen LogP contribution in [0.2, 0.25) is 0 Å². The van der Waals surface area contributed by atoms with Crippen LogP contribution in [0.4, 0.5) is 0 Å². The first-order valence-electron chi connectivity index (χ1n) is 7.00. The summed E-state index contributed by atoms with van der Waals surface area (Å²) in [7, 11) is 2.10. The molecular formula is C14H24N4O. The Morgan fingerprint density at radius 1 is 1.32 bits per heavy atom. The van der Waals surface area contributed by atoms with E-state index in [0.29, 0.717) is 6.04 Å². The van der Waals surface area contributed by atoms with Gasteiger partial charge in [-0.25, -0.2) is 9.97 Å². The minimum atomic E-state index is 0.247. The van der Waals surface area contributed by atoms with Crippen molar-refractivity contribution in [2.75, 3.05) is 33.3 Å². The Morgan fingerprint density at radius 3 is 2.53 bits per heavy atom. The Balaban J connectivity index is 1.78. The van der Waals surface area contributed by atoms with Crippen LogP contribution in [0.5, 0.6) is 0 Å². The van der Waals surface area contributed by atoms with E-state index in [2.05, 4.69) is 26.8 Å². The molecule has 1 saturated heterocycles. The number of piperidine rings is 1. The number of likely N-dealkylation sites (tertiary alicyclic amines) is 1. The van der Waals surface area contributed by atoms with Crippen molar-refractivity contribution < 1.29 is 5.11 Å². The standard InChI is InChI=1S/C14H24N4O/c1-12-15-9-13(10-16-12)11-18-5-3-14(4-6-18)17(2)7-8-19/h9-10,14,19H,3-8,11H2,1-2H3. The maximum absolute atomic E-state index is 8.97. The molecule has 5 nitrogen and oxygen atoms in total. The summed E-state index contributed by atoms with van der Waals surface area (Å²) < 4.78 is 0. The fourth-order valence-electron chi connectivity index (χ4n) is 2.62. The first kappa shape index (κ1) is 14.4. The van der Waals surface area contributed by atoms with E-state index in [1.807, 2.05) is 19.3 Å². The Labute approximate surface area is 115 Å². The Kier molecular flexibility index (Phi) is 5.24. The fourth-order valence-corrected chi connectivity index (χ4v) is 2.62. The van der Waals surface area contributed by atoms with Gasteiger partial charge in [0.1, 0.15) is 5.82 Å². The number of hydrogen-bond donors (Lipinski definition) is 1. The van der Waals surface area contributed by atoms with Crippen molar-refractivity contribution in [3.05, 3.63) is 23.8 Å². The summed E-state index contributed by atoms with van der Waals surface area (Å²) in [6.45, 7) is 6.08. The summed E-state index contributed by atoms with van der Waals surface area (Å²) in [5.74, 6) is 0.827. The lowest BCUT2D eigenvalue weighted by Gasteiger charge is -2.36. The summed E-state index contributed by atoms with van der Waals surface area (Å²) in [6.07, 6.45) is 6.19. The number of likely N-dealkylation sites (N-methyl/N-ethyl adjacent to an activating group) is 1. The molecular weight excluding hydrogens is 240 g/mol. The molecule has 5 heteroatoms. The van der Waals surface area contributed by atoms with Crippen molar-refractivity contribution in [1.29, 1.82) is 0 Å². The molecule has 106 valence electrons. The van der Waals surface area contributed by atoms with Crippen molar-refractivity contribution in [1.82, 2.24) is 19.8 Å². The lowest BCUT2D eigenvalue weighted by Crippen LogP contribution is -2.43.